The predicted octanol–water partition coefficient (Wildman–Crippen LogP) is 1.54. The van der Waals surface area contributed by atoms with Crippen LogP contribution in [0.3, 0.4) is 0 Å². The summed E-state index contributed by atoms with van der Waals surface area (Å²) in [6.45, 7) is 1.89. The molecule has 1 aromatic rings. The lowest BCUT2D eigenvalue weighted by atomic mass is 10.2. The quantitative estimate of drug-likeness (QED) is 0.786. The number of hydrogen-bond donors (Lipinski definition) is 2. The molecule has 2 N–H and O–H groups in total. The number of aromatic nitrogens is 1. The zero-order valence-corrected chi connectivity index (χ0v) is 9.87. The normalized spacial score (nSPS) is 14.4. The van der Waals surface area contributed by atoms with E-state index in [0.29, 0.717) is 13.2 Å². The minimum absolute atomic E-state index is 0. The van der Waals surface area contributed by atoms with Crippen LogP contribution < -0.4 is 5.32 Å². The molecular weight excluding hydrogens is 244 g/mol. The van der Waals surface area contributed by atoms with Gasteiger partial charge in [0.1, 0.15) is 5.82 Å². The van der Waals surface area contributed by atoms with E-state index in [9.17, 15) is 4.79 Å². The van der Waals surface area contributed by atoms with E-state index in [2.05, 4.69) is 10.3 Å². The molecule has 0 atom stereocenters. The van der Waals surface area contributed by atoms with Crippen LogP contribution >= 0.6 is 12.4 Å². The van der Waals surface area contributed by atoms with Crippen molar-refractivity contribution in [2.75, 3.05) is 18.5 Å². The Kier molecular flexibility index (Phi) is 4.93. The third-order valence-electron chi connectivity index (χ3n) is 2.20. The van der Waals surface area contributed by atoms with Gasteiger partial charge in [-0.1, -0.05) is 0 Å². The highest BCUT2D eigenvalue weighted by Gasteiger charge is 2.08. The van der Waals surface area contributed by atoms with E-state index in [0.717, 1.165) is 29.6 Å². The number of pyridine rings is 1. The van der Waals surface area contributed by atoms with Crippen LogP contribution in [0, 0.1) is 0 Å². The molecule has 0 fully saturated rings. The Labute approximate surface area is 105 Å². The van der Waals surface area contributed by atoms with Crippen molar-refractivity contribution >= 4 is 30.3 Å². The Morgan fingerprint density at radius 2 is 2.41 bits per heavy atom. The Bertz CT molecular complexity index is 435. The highest BCUT2D eigenvalue weighted by atomic mass is 35.5. The summed E-state index contributed by atoms with van der Waals surface area (Å²) >= 11 is 0. The molecule has 0 amide bonds. The maximum atomic E-state index is 10.4. The third-order valence-corrected chi connectivity index (χ3v) is 2.20. The van der Waals surface area contributed by atoms with E-state index in [1.165, 1.54) is 6.08 Å². The molecule has 0 aliphatic carbocycles. The smallest absolute Gasteiger partial charge is 0.328 e. The summed E-state index contributed by atoms with van der Waals surface area (Å²) in [5.74, 6) is -0.158. The fourth-order valence-electron chi connectivity index (χ4n) is 1.48. The van der Waals surface area contributed by atoms with Crippen molar-refractivity contribution in [3.05, 3.63) is 29.5 Å². The van der Waals surface area contributed by atoms with Crippen molar-refractivity contribution in [2.45, 2.75) is 6.61 Å². The highest BCUT2D eigenvalue weighted by molar-refractivity contribution is 5.85. The number of carbonyl (C=O) groups is 1. The molecule has 0 aromatic carbocycles. The summed E-state index contributed by atoms with van der Waals surface area (Å²) in [5, 5.41) is 11.7. The molecule has 1 aliphatic heterocycles. The molecule has 1 aliphatic rings. The summed E-state index contributed by atoms with van der Waals surface area (Å²) in [6, 6.07) is 1.88. The lowest BCUT2D eigenvalue weighted by Crippen LogP contribution is -2.05. The largest absolute Gasteiger partial charge is 0.478 e. The molecule has 0 unspecified atom stereocenters. The topological polar surface area (TPSA) is 71.5 Å². The fraction of sp³-hybridized carbons (Fsp3) is 0.273. The van der Waals surface area contributed by atoms with Gasteiger partial charge in [0.05, 0.1) is 13.2 Å². The standard InChI is InChI=1S/C11H12N2O3.ClH/c14-10(15)2-1-8-5-9-7-16-4-3-12-11(9)13-6-8;/h1-2,5-6H,3-4,7H2,(H,12,13)(H,14,15);1H. The van der Waals surface area contributed by atoms with E-state index in [1.807, 2.05) is 6.07 Å². The van der Waals surface area contributed by atoms with Gasteiger partial charge in [-0.3, -0.25) is 0 Å². The minimum atomic E-state index is -0.968. The second-order valence-corrected chi connectivity index (χ2v) is 3.43. The zero-order chi connectivity index (χ0) is 11.4. The van der Waals surface area contributed by atoms with Crippen molar-refractivity contribution in [1.29, 1.82) is 0 Å². The van der Waals surface area contributed by atoms with E-state index >= 15 is 0 Å². The number of carboxylic acid groups (broad SMARTS) is 1. The van der Waals surface area contributed by atoms with Crippen molar-refractivity contribution in [1.82, 2.24) is 4.98 Å². The number of fused-ring (bicyclic) bond motifs is 1. The summed E-state index contributed by atoms with van der Waals surface area (Å²) in [7, 11) is 0. The van der Waals surface area contributed by atoms with Crippen LogP contribution in [-0.4, -0.2) is 29.2 Å². The van der Waals surface area contributed by atoms with E-state index < -0.39 is 5.97 Å². The summed E-state index contributed by atoms with van der Waals surface area (Å²) < 4.78 is 5.36. The van der Waals surface area contributed by atoms with Crippen LogP contribution in [0.5, 0.6) is 0 Å². The lowest BCUT2D eigenvalue weighted by Gasteiger charge is -2.05. The summed E-state index contributed by atoms with van der Waals surface area (Å²) in [5.41, 5.74) is 1.71. The average Bonchev–Trinajstić information content (AvgIpc) is 2.50. The molecule has 0 spiro atoms. The molecule has 0 radical (unpaired) electrons. The molecule has 0 saturated carbocycles. The monoisotopic (exact) mass is 256 g/mol. The van der Waals surface area contributed by atoms with Gasteiger partial charge in [-0.05, 0) is 17.7 Å². The van der Waals surface area contributed by atoms with Crippen LogP contribution in [0.1, 0.15) is 11.1 Å². The molecule has 1 aromatic heterocycles. The highest BCUT2D eigenvalue weighted by Crippen LogP contribution is 2.18. The molecule has 6 heteroatoms. The second-order valence-electron chi connectivity index (χ2n) is 3.43. The van der Waals surface area contributed by atoms with Gasteiger partial charge in [0.15, 0.2) is 0 Å². The number of nitrogens with one attached hydrogen (secondary N) is 1. The first kappa shape index (κ1) is 13.5. The van der Waals surface area contributed by atoms with Crippen molar-refractivity contribution < 1.29 is 14.6 Å². The van der Waals surface area contributed by atoms with Crippen LogP contribution in [0.25, 0.3) is 6.08 Å². The molecule has 0 saturated heterocycles. The van der Waals surface area contributed by atoms with Gasteiger partial charge in [0.25, 0.3) is 0 Å². The van der Waals surface area contributed by atoms with Gasteiger partial charge in [-0.15, -0.1) is 12.4 Å². The van der Waals surface area contributed by atoms with Gasteiger partial charge < -0.3 is 15.2 Å². The van der Waals surface area contributed by atoms with Crippen molar-refractivity contribution in [3.63, 3.8) is 0 Å². The third kappa shape index (κ3) is 3.72. The lowest BCUT2D eigenvalue weighted by molar-refractivity contribution is -0.131. The van der Waals surface area contributed by atoms with E-state index in [4.69, 9.17) is 9.84 Å². The SMILES string of the molecule is Cl.O=C(O)C=Cc1cnc2c(c1)COCCN2. The molecule has 5 nitrogen and oxygen atoms in total. The second kappa shape index (κ2) is 6.22. The average molecular weight is 257 g/mol. The van der Waals surface area contributed by atoms with Crippen LogP contribution in [-0.2, 0) is 16.1 Å². The summed E-state index contributed by atoms with van der Waals surface area (Å²) in [6.07, 6.45) is 4.24. The predicted molar refractivity (Wildman–Crippen MR) is 66.3 cm³/mol. The molecule has 0 bridgehead atoms. The molecular formula is C11H13ClN2O3. The molecule has 17 heavy (non-hydrogen) atoms. The Morgan fingerprint density at radius 3 is 3.18 bits per heavy atom. The van der Waals surface area contributed by atoms with Gasteiger partial charge in [0.2, 0.25) is 0 Å². The van der Waals surface area contributed by atoms with Gasteiger partial charge >= 0.3 is 5.97 Å². The first-order chi connectivity index (χ1) is 7.75. The number of aliphatic carboxylic acids is 1. The first-order valence-electron chi connectivity index (χ1n) is 4.97. The van der Waals surface area contributed by atoms with Gasteiger partial charge in [-0.2, -0.15) is 0 Å². The van der Waals surface area contributed by atoms with E-state index in [-0.39, 0.29) is 12.4 Å². The van der Waals surface area contributed by atoms with Gasteiger partial charge in [-0.25, -0.2) is 9.78 Å². The Balaban J connectivity index is 0.00000144. The number of hydrogen-bond acceptors (Lipinski definition) is 4. The maximum Gasteiger partial charge on any atom is 0.328 e. The summed E-state index contributed by atoms with van der Waals surface area (Å²) in [4.78, 5) is 14.6. The first-order valence-corrected chi connectivity index (χ1v) is 4.97. The zero-order valence-electron chi connectivity index (χ0n) is 9.05. The molecule has 2 rings (SSSR count). The number of nitrogens with zero attached hydrogens (tertiary/aromatic N) is 1. The number of anilines is 1. The van der Waals surface area contributed by atoms with Crippen LogP contribution in [0.4, 0.5) is 5.82 Å². The van der Waals surface area contributed by atoms with E-state index in [1.54, 1.807) is 6.20 Å². The van der Waals surface area contributed by atoms with Gasteiger partial charge in [0, 0.05) is 24.4 Å². The minimum Gasteiger partial charge on any atom is -0.478 e. The number of carboxylic acids is 1. The number of ether oxygens (including phenoxy) is 1. The van der Waals surface area contributed by atoms with Crippen molar-refractivity contribution in [3.8, 4) is 0 Å². The molecule has 2 heterocycles. The Morgan fingerprint density at radius 1 is 1.59 bits per heavy atom. The number of rotatable bonds is 2. The maximum absolute atomic E-state index is 10.4. The fourth-order valence-corrected chi connectivity index (χ4v) is 1.48. The van der Waals surface area contributed by atoms with Crippen LogP contribution in [0.15, 0.2) is 18.3 Å². The molecule has 92 valence electrons. The van der Waals surface area contributed by atoms with Crippen LogP contribution in [0.2, 0.25) is 0 Å². The Hall–Kier alpha value is -1.59. The number of halogens is 1. The van der Waals surface area contributed by atoms with Crippen molar-refractivity contribution in [2.24, 2.45) is 0 Å².